The van der Waals surface area contributed by atoms with Crippen molar-refractivity contribution in [2.45, 2.75) is 46.0 Å². The molecule has 0 spiro atoms. The fourth-order valence-corrected chi connectivity index (χ4v) is 4.39. The number of nitrogens with one attached hydrogen (secondary N) is 1. The highest BCUT2D eigenvalue weighted by molar-refractivity contribution is 5.93. The van der Waals surface area contributed by atoms with E-state index in [9.17, 15) is 4.79 Å². The lowest BCUT2D eigenvalue weighted by atomic mass is 9.86. The third-order valence-corrected chi connectivity index (χ3v) is 5.69. The molecule has 1 aromatic carbocycles. The molecular formula is C19H23N3O. The molecule has 23 heavy (non-hydrogen) atoms. The maximum Gasteiger partial charge on any atom is 0.224 e. The monoisotopic (exact) mass is 309 g/mol. The van der Waals surface area contributed by atoms with Crippen molar-refractivity contribution in [3.8, 4) is 0 Å². The topological polar surface area (TPSA) is 54.9 Å². The molecule has 4 rings (SSSR count). The van der Waals surface area contributed by atoms with Crippen LogP contribution in [0.3, 0.4) is 0 Å². The molecule has 1 heterocycles. The van der Waals surface area contributed by atoms with E-state index in [0.717, 1.165) is 39.9 Å². The summed E-state index contributed by atoms with van der Waals surface area (Å²) in [6.45, 7) is 3.93. The van der Waals surface area contributed by atoms with Crippen LogP contribution in [-0.2, 0) is 4.79 Å². The lowest BCUT2D eigenvalue weighted by Crippen LogP contribution is -2.20. The van der Waals surface area contributed by atoms with E-state index in [0.29, 0.717) is 12.3 Å². The number of nitrogens with zero attached hydrogens (tertiary/aromatic N) is 2. The Hall–Kier alpha value is -1.97. The van der Waals surface area contributed by atoms with Gasteiger partial charge in [0.1, 0.15) is 0 Å². The lowest BCUT2D eigenvalue weighted by Gasteiger charge is -2.20. The Morgan fingerprint density at radius 1 is 1.13 bits per heavy atom. The average molecular weight is 309 g/mol. The maximum atomic E-state index is 12.4. The average Bonchev–Trinajstić information content (AvgIpc) is 3.11. The SMILES string of the molecule is Cc1nc2ccc(NC(=O)C[C@H]3C[C@H]4CC[C@H]3C4)cc2nc1C. The molecule has 0 unspecified atom stereocenters. The van der Waals surface area contributed by atoms with Crippen molar-refractivity contribution in [1.29, 1.82) is 0 Å². The number of hydrogen-bond donors (Lipinski definition) is 1. The van der Waals surface area contributed by atoms with Gasteiger partial charge in [-0.2, -0.15) is 0 Å². The van der Waals surface area contributed by atoms with Gasteiger partial charge in [-0.3, -0.25) is 4.79 Å². The molecule has 0 radical (unpaired) electrons. The number of aryl methyl sites for hydroxylation is 2. The molecule has 4 heteroatoms. The molecule has 0 aliphatic heterocycles. The molecule has 120 valence electrons. The van der Waals surface area contributed by atoms with Gasteiger partial charge in [-0.15, -0.1) is 0 Å². The van der Waals surface area contributed by atoms with Gasteiger partial charge in [0.2, 0.25) is 5.91 Å². The van der Waals surface area contributed by atoms with E-state index in [2.05, 4.69) is 15.3 Å². The zero-order valence-electron chi connectivity index (χ0n) is 13.8. The Bertz CT molecular complexity index is 771. The van der Waals surface area contributed by atoms with E-state index in [-0.39, 0.29) is 5.91 Å². The minimum absolute atomic E-state index is 0.138. The van der Waals surface area contributed by atoms with Crippen LogP contribution in [0.15, 0.2) is 18.2 Å². The standard InChI is InChI=1S/C19H23N3O/c1-11-12(2)21-18-10-16(5-6-17(18)20-11)22-19(23)9-15-8-13-3-4-14(15)7-13/h5-6,10,13-15H,3-4,7-9H2,1-2H3,(H,22,23)/t13-,14-,15+/m0/s1. The predicted molar refractivity (Wildman–Crippen MR) is 91.2 cm³/mol. The van der Waals surface area contributed by atoms with E-state index >= 15 is 0 Å². The summed E-state index contributed by atoms with van der Waals surface area (Å²) in [6, 6.07) is 5.78. The number of anilines is 1. The van der Waals surface area contributed by atoms with E-state index < -0.39 is 0 Å². The molecule has 2 aliphatic rings. The van der Waals surface area contributed by atoms with Crippen molar-refractivity contribution in [2.75, 3.05) is 5.32 Å². The van der Waals surface area contributed by atoms with Gasteiger partial charge >= 0.3 is 0 Å². The molecule has 2 aromatic rings. The quantitative estimate of drug-likeness (QED) is 0.932. The van der Waals surface area contributed by atoms with Crippen molar-refractivity contribution < 1.29 is 4.79 Å². The van der Waals surface area contributed by atoms with Crippen molar-refractivity contribution in [2.24, 2.45) is 17.8 Å². The summed E-state index contributed by atoms with van der Waals surface area (Å²) in [5.41, 5.74) is 4.42. The summed E-state index contributed by atoms with van der Waals surface area (Å²) in [5, 5.41) is 3.05. The van der Waals surface area contributed by atoms with E-state index in [4.69, 9.17) is 0 Å². The highest BCUT2D eigenvalue weighted by Gasteiger charge is 2.40. The summed E-state index contributed by atoms with van der Waals surface area (Å²) in [7, 11) is 0. The normalized spacial score (nSPS) is 25.9. The van der Waals surface area contributed by atoms with E-state index in [1.165, 1.54) is 25.7 Å². The van der Waals surface area contributed by atoms with Gasteiger partial charge in [-0.1, -0.05) is 6.42 Å². The number of aromatic nitrogens is 2. The fourth-order valence-electron chi connectivity index (χ4n) is 4.39. The first-order valence-electron chi connectivity index (χ1n) is 8.63. The molecule has 1 N–H and O–H groups in total. The number of benzene rings is 1. The molecule has 2 saturated carbocycles. The molecule has 4 nitrogen and oxygen atoms in total. The van der Waals surface area contributed by atoms with Gasteiger partial charge in [-0.25, -0.2) is 9.97 Å². The van der Waals surface area contributed by atoms with Crippen molar-refractivity contribution in [1.82, 2.24) is 9.97 Å². The zero-order valence-corrected chi connectivity index (χ0v) is 13.8. The molecule has 2 bridgehead atoms. The van der Waals surface area contributed by atoms with Crippen LogP contribution >= 0.6 is 0 Å². The van der Waals surface area contributed by atoms with Crippen LogP contribution in [0.25, 0.3) is 11.0 Å². The molecule has 2 aliphatic carbocycles. The number of fused-ring (bicyclic) bond motifs is 3. The van der Waals surface area contributed by atoms with Crippen LogP contribution in [0, 0.1) is 31.6 Å². The van der Waals surface area contributed by atoms with Crippen LogP contribution in [-0.4, -0.2) is 15.9 Å². The van der Waals surface area contributed by atoms with Gasteiger partial charge in [0, 0.05) is 12.1 Å². The molecule has 1 aromatic heterocycles. The Balaban J connectivity index is 1.46. The zero-order chi connectivity index (χ0) is 16.0. The Kier molecular flexibility index (Phi) is 3.55. The first kappa shape index (κ1) is 14.6. The van der Waals surface area contributed by atoms with Crippen molar-refractivity contribution in [3.05, 3.63) is 29.6 Å². The van der Waals surface area contributed by atoms with Crippen LogP contribution in [0.2, 0.25) is 0 Å². The second-order valence-corrected chi connectivity index (χ2v) is 7.29. The number of carbonyl (C=O) groups excluding carboxylic acids is 1. The number of rotatable bonds is 3. The molecule has 3 atom stereocenters. The Morgan fingerprint density at radius 3 is 2.61 bits per heavy atom. The highest BCUT2D eigenvalue weighted by Crippen LogP contribution is 2.49. The summed E-state index contributed by atoms with van der Waals surface area (Å²) < 4.78 is 0. The second-order valence-electron chi connectivity index (χ2n) is 7.29. The minimum Gasteiger partial charge on any atom is -0.326 e. The van der Waals surface area contributed by atoms with Crippen LogP contribution in [0.1, 0.15) is 43.5 Å². The third-order valence-electron chi connectivity index (χ3n) is 5.69. The first-order chi connectivity index (χ1) is 11.1. The van der Waals surface area contributed by atoms with E-state index in [1.807, 2.05) is 32.0 Å². The van der Waals surface area contributed by atoms with Crippen LogP contribution < -0.4 is 5.32 Å². The number of carbonyl (C=O) groups is 1. The lowest BCUT2D eigenvalue weighted by molar-refractivity contribution is -0.117. The van der Waals surface area contributed by atoms with Crippen LogP contribution in [0.4, 0.5) is 5.69 Å². The fraction of sp³-hybridized carbons (Fsp3) is 0.526. The summed E-state index contributed by atoms with van der Waals surface area (Å²) >= 11 is 0. The van der Waals surface area contributed by atoms with Gasteiger partial charge in [-0.05, 0) is 69.1 Å². The Morgan fingerprint density at radius 2 is 1.91 bits per heavy atom. The first-order valence-corrected chi connectivity index (χ1v) is 8.63. The summed E-state index contributed by atoms with van der Waals surface area (Å²) in [4.78, 5) is 21.4. The second kappa shape index (κ2) is 5.59. The van der Waals surface area contributed by atoms with Gasteiger partial charge in [0.15, 0.2) is 0 Å². The minimum atomic E-state index is 0.138. The Labute approximate surface area is 136 Å². The van der Waals surface area contributed by atoms with E-state index in [1.54, 1.807) is 0 Å². The third kappa shape index (κ3) is 2.82. The smallest absolute Gasteiger partial charge is 0.224 e. The summed E-state index contributed by atoms with van der Waals surface area (Å²) in [5.74, 6) is 2.41. The highest BCUT2D eigenvalue weighted by atomic mass is 16.1. The largest absolute Gasteiger partial charge is 0.326 e. The number of amides is 1. The summed E-state index contributed by atoms with van der Waals surface area (Å²) in [6.07, 6.45) is 5.97. The predicted octanol–water partition coefficient (Wildman–Crippen LogP) is 4.01. The van der Waals surface area contributed by atoms with Gasteiger partial charge in [0.25, 0.3) is 0 Å². The van der Waals surface area contributed by atoms with Crippen molar-refractivity contribution >= 4 is 22.6 Å². The molecular weight excluding hydrogens is 286 g/mol. The molecule has 1 amide bonds. The van der Waals surface area contributed by atoms with Gasteiger partial charge < -0.3 is 5.32 Å². The molecule has 2 fully saturated rings. The molecule has 0 saturated heterocycles. The van der Waals surface area contributed by atoms with Crippen molar-refractivity contribution in [3.63, 3.8) is 0 Å². The number of hydrogen-bond acceptors (Lipinski definition) is 3. The maximum absolute atomic E-state index is 12.4. The van der Waals surface area contributed by atoms with Gasteiger partial charge in [0.05, 0.1) is 22.4 Å². The van der Waals surface area contributed by atoms with Crippen LogP contribution in [0.5, 0.6) is 0 Å².